The maximum absolute atomic E-state index is 11.9. The van der Waals surface area contributed by atoms with Gasteiger partial charge in [-0.1, -0.05) is 6.07 Å². The summed E-state index contributed by atoms with van der Waals surface area (Å²) in [5.74, 6) is 1.38. The molecule has 0 amide bonds. The molecule has 1 fully saturated rings. The van der Waals surface area contributed by atoms with E-state index in [1.54, 1.807) is 0 Å². The summed E-state index contributed by atoms with van der Waals surface area (Å²) in [5.41, 5.74) is 0.547. The first-order valence-electron chi connectivity index (χ1n) is 9.72. The van der Waals surface area contributed by atoms with Crippen molar-refractivity contribution in [2.75, 3.05) is 31.1 Å². The lowest BCUT2D eigenvalue weighted by atomic mass is 10.1. The zero-order valence-corrected chi connectivity index (χ0v) is 17.2. The van der Waals surface area contributed by atoms with Crippen LogP contribution in [-0.2, 0) is 9.53 Å². The number of esters is 1. The molecule has 0 unspecified atom stereocenters. The molecule has 0 saturated carbocycles. The Morgan fingerprint density at radius 1 is 1.33 bits per heavy atom. The summed E-state index contributed by atoms with van der Waals surface area (Å²) in [6, 6.07) is 6.45. The smallest absolute Gasteiger partial charge is 0.328 e. The van der Waals surface area contributed by atoms with Crippen molar-refractivity contribution in [2.45, 2.75) is 59.1 Å². The normalized spacial score (nSPS) is 16.2. The molecule has 0 spiro atoms. The number of carbonyl (C=O) groups excluding carboxylic acids is 1. The Labute approximate surface area is 162 Å². The van der Waals surface area contributed by atoms with Crippen molar-refractivity contribution in [3.05, 3.63) is 23.9 Å². The van der Waals surface area contributed by atoms with Crippen LogP contribution in [0.2, 0.25) is 0 Å². The maximum atomic E-state index is 11.9. The van der Waals surface area contributed by atoms with Gasteiger partial charge in [-0.25, -0.2) is 9.98 Å². The highest BCUT2D eigenvalue weighted by Crippen LogP contribution is 2.18. The molecule has 1 aliphatic rings. The number of hydrogen-bond donors (Lipinski definition) is 2. The van der Waals surface area contributed by atoms with Crippen LogP contribution in [0.25, 0.3) is 0 Å². The summed E-state index contributed by atoms with van der Waals surface area (Å²) in [4.78, 5) is 23.2. The van der Waals surface area contributed by atoms with E-state index in [-0.39, 0.29) is 12.5 Å². The summed E-state index contributed by atoms with van der Waals surface area (Å²) < 4.78 is 5.31. The number of nitrogens with zero attached hydrogens (tertiary/aromatic N) is 3. The lowest BCUT2D eigenvalue weighted by Gasteiger charge is -2.34. The third-order valence-electron chi connectivity index (χ3n) is 4.16. The molecule has 2 heterocycles. The molecule has 1 aromatic rings. The van der Waals surface area contributed by atoms with Gasteiger partial charge in [0.05, 0.1) is 0 Å². The summed E-state index contributed by atoms with van der Waals surface area (Å²) in [7, 11) is 0. The first-order chi connectivity index (χ1) is 12.8. The molecule has 1 saturated heterocycles. The fourth-order valence-electron chi connectivity index (χ4n) is 2.99. The van der Waals surface area contributed by atoms with E-state index < -0.39 is 5.60 Å². The highest BCUT2D eigenvalue weighted by Gasteiger charge is 2.21. The predicted octanol–water partition coefficient (Wildman–Crippen LogP) is 2.26. The minimum Gasteiger partial charge on any atom is -0.459 e. The van der Waals surface area contributed by atoms with Gasteiger partial charge >= 0.3 is 5.97 Å². The van der Waals surface area contributed by atoms with E-state index in [1.807, 2.05) is 40.7 Å². The molecule has 0 aliphatic carbocycles. The van der Waals surface area contributed by atoms with E-state index >= 15 is 0 Å². The second kappa shape index (κ2) is 9.58. The van der Waals surface area contributed by atoms with Crippen molar-refractivity contribution in [1.29, 1.82) is 0 Å². The third-order valence-corrected chi connectivity index (χ3v) is 4.16. The number of piperidine rings is 1. The molecular weight excluding hydrogens is 342 g/mol. The lowest BCUT2D eigenvalue weighted by Crippen LogP contribution is -2.49. The summed E-state index contributed by atoms with van der Waals surface area (Å²) in [5, 5.41) is 6.65. The van der Waals surface area contributed by atoms with Crippen LogP contribution in [0.5, 0.6) is 0 Å². The average molecular weight is 376 g/mol. The van der Waals surface area contributed by atoms with Gasteiger partial charge in [0.2, 0.25) is 0 Å². The minimum atomic E-state index is -0.491. The Morgan fingerprint density at radius 3 is 2.63 bits per heavy atom. The van der Waals surface area contributed by atoms with Crippen LogP contribution < -0.4 is 15.5 Å². The molecule has 7 heteroatoms. The zero-order chi connectivity index (χ0) is 19.9. The largest absolute Gasteiger partial charge is 0.459 e. The Hall–Kier alpha value is -2.31. The van der Waals surface area contributed by atoms with Crippen molar-refractivity contribution in [2.24, 2.45) is 4.99 Å². The fraction of sp³-hybridized carbons (Fsp3) is 0.650. The van der Waals surface area contributed by atoms with Crippen molar-refractivity contribution in [3.8, 4) is 0 Å². The van der Waals surface area contributed by atoms with E-state index in [9.17, 15) is 4.79 Å². The van der Waals surface area contributed by atoms with Gasteiger partial charge in [0.1, 0.15) is 18.0 Å². The highest BCUT2D eigenvalue weighted by atomic mass is 16.6. The summed E-state index contributed by atoms with van der Waals surface area (Å²) in [6.07, 6.45) is 1.99. The number of aromatic nitrogens is 1. The maximum Gasteiger partial charge on any atom is 0.328 e. The summed E-state index contributed by atoms with van der Waals surface area (Å²) in [6.45, 7) is 12.2. The first-order valence-corrected chi connectivity index (χ1v) is 9.72. The number of aryl methyl sites for hydroxylation is 1. The van der Waals surface area contributed by atoms with Gasteiger partial charge in [-0.15, -0.1) is 0 Å². The van der Waals surface area contributed by atoms with E-state index in [4.69, 9.17) is 4.74 Å². The Bertz CT molecular complexity index is 646. The molecular formula is C20H33N5O2. The molecule has 1 aromatic heterocycles. The molecule has 27 heavy (non-hydrogen) atoms. The van der Waals surface area contributed by atoms with Crippen molar-refractivity contribution < 1.29 is 9.53 Å². The number of guanidine groups is 1. The second-order valence-electron chi connectivity index (χ2n) is 7.82. The molecule has 0 bridgehead atoms. The second-order valence-corrected chi connectivity index (χ2v) is 7.82. The third kappa shape index (κ3) is 7.45. The van der Waals surface area contributed by atoms with Crippen molar-refractivity contribution >= 4 is 17.7 Å². The molecule has 0 atom stereocenters. The van der Waals surface area contributed by atoms with Crippen LogP contribution in [-0.4, -0.2) is 54.7 Å². The summed E-state index contributed by atoms with van der Waals surface area (Å²) >= 11 is 0. The van der Waals surface area contributed by atoms with Crippen LogP contribution in [0, 0.1) is 6.92 Å². The van der Waals surface area contributed by atoms with E-state index in [1.165, 1.54) is 0 Å². The van der Waals surface area contributed by atoms with Gasteiger partial charge in [-0.2, -0.15) is 0 Å². The van der Waals surface area contributed by atoms with Crippen molar-refractivity contribution in [1.82, 2.24) is 15.6 Å². The van der Waals surface area contributed by atoms with Gasteiger partial charge in [0.15, 0.2) is 5.96 Å². The van der Waals surface area contributed by atoms with Gasteiger partial charge in [0, 0.05) is 31.4 Å². The standard InChI is InChI=1S/C20H33N5O2/c1-6-21-19(22-14-18(26)27-20(3,4)5)24-16-10-12-25(13-11-16)17-9-7-8-15(2)23-17/h7-9,16H,6,10-14H2,1-5H3,(H2,21,22,24). The van der Waals surface area contributed by atoms with Gasteiger partial charge in [0.25, 0.3) is 0 Å². The monoisotopic (exact) mass is 375 g/mol. The molecule has 1 aliphatic heterocycles. The van der Waals surface area contributed by atoms with Crippen LogP contribution >= 0.6 is 0 Å². The van der Waals surface area contributed by atoms with E-state index in [0.29, 0.717) is 12.0 Å². The quantitative estimate of drug-likeness (QED) is 0.467. The number of nitrogens with one attached hydrogen (secondary N) is 2. The number of anilines is 1. The SMILES string of the molecule is CCNC(=NCC(=O)OC(C)(C)C)NC1CCN(c2cccc(C)n2)CC1. The predicted molar refractivity (Wildman–Crippen MR) is 109 cm³/mol. The number of ether oxygens (including phenoxy) is 1. The number of pyridine rings is 1. The van der Waals surface area contributed by atoms with E-state index in [0.717, 1.165) is 44.0 Å². The molecule has 7 nitrogen and oxygen atoms in total. The van der Waals surface area contributed by atoms with Crippen LogP contribution in [0.4, 0.5) is 5.82 Å². The van der Waals surface area contributed by atoms with Crippen molar-refractivity contribution in [3.63, 3.8) is 0 Å². The van der Waals surface area contributed by atoms with Gasteiger partial charge in [-0.05, 0) is 59.6 Å². The van der Waals surface area contributed by atoms with Crippen LogP contribution in [0.15, 0.2) is 23.2 Å². The molecule has 0 radical (unpaired) electrons. The highest BCUT2D eigenvalue weighted by molar-refractivity contribution is 5.83. The number of aliphatic imine (C=N–C) groups is 1. The Kier molecular flexibility index (Phi) is 7.45. The number of rotatable bonds is 5. The first kappa shape index (κ1) is 21.0. The molecule has 2 N–H and O–H groups in total. The van der Waals surface area contributed by atoms with Gasteiger partial charge in [-0.3, -0.25) is 4.79 Å². The number of hydrogen-bond acceptors (Lipinski definition) is 5. The fourth-order valence-corrected chi connectivity index (χ4v) is 2.99. The molecule has 150 valence electrons. The molecule has 2 rings (SSSR count). The van der Waals surface area contributed by atoms with Crippen LogP contribution in [0.3, 0.4) is 0 Å². The lowest BCUT2D eigenvalue weighted by molar-refractivity contribution is -0.152. The molecule has 0 aromatic carbocycles. The topological polar surface area (TPSA) is 78.8 Å². The Morgan fingerprint density at radius 2 is 2.04 bits per heavy atom. The average Bonchev–Trinajstić information content (AvgIpc) is 2.59. The van der Waals surface area contributed by atoms with E-state index in [2.05, 4.69) is 37.6 Å². The van der Waals surface area contributed by atoms with Crippen LogP contribution in [0.1, 0.15) is 46.2 Å². The Balaban J connectivity index is 1.86. The number of carbonyl (C=O) groups is 1. The zero-order valence-electron chi connectivity index (χ0n) is 17.2. The minimum absolute atomic E-state index is 0.0126. The van der Waals surface area contributed by atoms with Gasteiger partial charge < -0.3 is 20.3 Å².